The van der Waals surface area contributed by atoms with Gasteiger partial charge in [-0.2, -0.15) is 0 Å². The highest BCUT2D eigenvalue weighted by molar-refractivity contribution is 5.96. The van der Waals surface area contributed by atoms with Gasteiger partial charge in [-0.25, -0.2) is 4.79 Å². The van der Waals surface area contributed by atoms with Crippen LogP contribution in [0, 0.1) is 0 Å². The van der Waals surface area contributed by atoms with Gasteiger partial charge >= 0.3 is 6.03 Å². The largest absolute Gasteiger partial charge is 0.394 e. The summed E-state index contributed by atoms with van der Waals surface area (Å²) in [5, 5.41) is 12.7. The minimum atomic E-state index is -0.274. The summed E-state index contributed by atoms with van der Waals surface area (Å²) >= 11 is 0. The van der Waals surface area contributed by atoms with Crippen molar-refractivity contribution in [2.24, 2.45) is 0 Å². The third-order valence-corrected chi connectivity index (χ3v) is 4.90. The van der Waals surface area contributed by atoms with E-state index < -0.39 is 0 Å². The van der Waals surface area contributed by atoms with E-state index in [1.165, 1.54) is 7.11 Å². The van der Waals surface area contributed by atoms with Crippen LogP contribution in [0.4, 0.5) is 10.5 Å². The number of urea groups is 1. The van der Waals surface area contributed by atoms with Crippen LogP contribution in [0.25, 0.3) is 0 Å². The fourth-order valence-corrected chi connectivity index (χ4v) is 3.93. The van der Waals surface area contributed by atoms with E-state index in [1.54, 1.807) is 9.80 Å². The first-order chi connectivity index (χ1) is 12.0. The summed E-state index contributed by atoms with van der Waals surface area (Å²) in [7, 11) is 1.49. The van der Waals surface area contributed by atoms with Crippen LogP contribution in [0.5, 0.6) is 0 Å². The first-order valence-corrected chi connectivity index (χ1v) is 8.57. The summed E-state index contributed by atoms with van der Waals surface area (Å²) in [6, 6.07) is 7.08. The lowest BCUT2D eigenvalue weighted by atomic mass is 9.72. The van der Waals surface area contributed by atoms with Gasteiger partial charge in [-0.3, -0.25) is 4.79 Å². The number of anilines is 1. The summed E-state index contributed by atoms with van der Waals surface area (Å²) in [5.41, 5.74) is 1.84. The summed E-state index contributed by atoms with van der Waals surface area (Å²) in [5.74, 6) is -0.101. The van der Waals surface area contributed by atoms with Crippen molar-refractivity contribution in [2.45, 2.75) is 37.9 Å². The summed E-state index contributed by atoms with van der Waals surface area (Å²) in [6.45, 7) is 4.09. The number of carbonyl (C=O) groups excluding carboxylic acids is 2. The molecule has 25 heavy (non-hydrogen) atoms. The molecule has 3 amide bonds. The fraction of sp³-hybridized carbons (Fsp3) is 0.556. The number of hydrogen-bond acceptors (Lipinski definition) is 4. The van der Waals surface area contributed by atoms with Crippen LogP contribution < -0.4 is 10.2 Å². The molecular formula is C18H25N3O4. The third kappa shape index (κ3) is 2.98. The van der Waals surface area contributed by atoms with Crippen molar-refractivity contribution in [3.05, 3.63) is 29.8 Å². The maximum atomic E-state index is 12.5. The van der Waals surface area contributed by atoms with Gasteiger partial charge in [0.05, 0.1) is 18.7 Å². The monoisotopic (exact) mass is 347 g/mol. The maximum Gasteiger partial charge on any atom is 0.318 e. The number of methoxy groups -OCH3 is 1. The predicted molar refractivity (Wildman–Crippen MR) is 93.6 cm³/mol. The Balaban J connectivity index is 1.93. The number of fused-ring (bicyclic) bond motifs is 3. The highest BCUT2D eigenvalue weighted by Crippen LogP contribution is 2.48. The second-order valence-electron chi connectivity index (χ2n) is 6.85. The molecule has 3 atom stereocenters. The Morgan fingerprint density at radius 2 is 2.08 bits per heavy atom. The number of hydrogen-bond donors (Lipinski definition) is 2. The Morgan fingerprint density at radius 1 is 1.36 bits per heavy atom. The van der Waals surface area contributed by atoms with Gasteiger partial charge in [-0.1, -0.05) is 18.2 Å². The molecule has 7 nitrogen and oxygen atoms in total. The van der Waals surface area contributed by atoms with Crippen LogP contribution in [0.3, 0.4) is 0 Å². The quantitative estimate of drug-likeness (QED) is 0.849. The number of ether oxygens (including phenoxy) is 1. The molecule has 0 radical (unpaired) electrons. The number of nitrogens with zero attached hydrogens (tertiary/aromatic N) is 2. The van der Waals surface area contributed by atoms with Crippen LogP contribution in [0.2, 0.25) is 0 Å². The molecule has 136 valence electrons. The molecule has 1 aromatic rings. The molecule has 7 heteroatoms. The lowest BCUT2D eigenvalue weighted by molar-refractivity contribution is -0.123. The highest BCUT2D eigenvalue weighted by atomic mass is 16.5. The van der Waals surface area contributed by atoms with E-state index in [4.69, 9.17) is 4.74 Å². The van der Waals surface area contributed by atoms with Crippen LogP contribution in [0.15, 0.2) is 24.3 Å². The summed E-state index contributed by atoms with van der Waals surface area (Å²) in [4.78, 5) is 28.4. The van der Waals surface area contributed by atoms with Crippen LogP contribution in [-0.2, 0) is 9.53 Å². The van der Waals surface area contributed by atoms with Crippen molar-refractivity contribution in [2.75, 3.05) is 31.8 Å². The molecule has 1 saturated heterocycles. The van der Waals surface area contributed by atoms with Crippen molar-refractivity contribution in [3.8, 4) is 0 Å². The molecule has 3 rings (SSSR count). The van der Waals surface area contributed by atoms with E-state index in [-0.39, 0.29) is 49.2 Å². The standard InChI is InChI=1S/C18H25N3O4/c1-11(2)19-18(24)21-14-8-20(16(23)10-25-3)13-7-5-4-6-12(13)17(14)15(21)9-22/h4-7,11,14-15,17,22H,8-10H2,1-3H3,(H,19,24)/t14-,15+,17+/m1/s1. The minimum absolute atomic E-state index is 0.00661. The van der Waals surface area contributed by atoms with Gasteiger partial charge in [-0.15, -0.1) is 0 Å². The smallest absolute Gasteiger partial charge is 0.318 e. The zero-order valence-corrected chi connectivity index (χ0v) is 14.8. The number of likely N-dealkylation sites (tertiary alicyclic amines) is 1. The van der Waals surface area contributed by atoms with E-state index >= 15 is 0 Å². The molecule has 1 aromatic carbocycles. The Kier molecular flexibility index (Phi) is 4.96. The van der Waals surface area contributed by atoms with Crippen molar-refractivity contribution < 1.29 is 19.4 Å². The van der Waals surface area contributed by atoms with E-state index in [1.807, 2.05) is 38.1 Å². The topological polar surface area (TPSA) is 82.1 Å². The minimum Gasteiger partial charge on any atom is -0.394 e. The van der Waals surface area contributed by atoms with Crippen molar-refractivity contribution in [3.63, 3.8) is 0 Å². The summed E-state index contributed by atoms with van der Waals surface area (Å²) < 4.78 is 5.00. The van der Waals surface area contributed by atoms with Gasteiger partial charge in [0.1, 0.15) is 6.61 Å². The number of para-hydroxylation sites is 1. The number of aliphatic hydroxyl groups is 1. The van der Waals surface area contributed by atoms with E-state index in [0.29, 0.717) is 6.54 Å². The van der Waals surface area contributed by atoms with Crippen LogP contribution in [0.1, 0.15) is 25.3 Å². The van der Waals surface area contributed by atoms with Crippen LogP contribution in [-0.4, -0.2) is 66.9 Å². The SMILES string of the molecule is COCC(=O)N1C[C@@H]2[C@H](c3ccccc31)[C@H](CO)N2C(=O)NC(C)C. The van der Waals surface area contributed by atoms with Gasteiger partial charge in [-0.05, 0) is 25.5 Å². The van der Waals surface area contributed by atoms with Gasteiger partial charge < -0.3 is 25.0 Å². The number of carbonyl (C=O) groups is 2. The maximum absolute atomic E-state index is 12.5. The molecule has 2 heterocycles. The molecule has 0 unspecified atom stereocenters. The Hall–Kier alpha value is -2.12. The molecule has 0 aliphatic carbocycles. The van der Waals surface area contributed by atoms with Crippen molar-refractivity contribution in [1.82, 2.24) is 10.2 Å². The molecule has 0 aromatic heterocycles. The number of amides is 3. The van der Waals surface area contributed by atoms with Gasteiger partial charge in [0.25, 0.3) is 5.91 Å². The first-order valence-electron chi connectivity index (χ1n) is 8.57. The molecular weight excluding hydrogens is 322 g/mol. The molecule has 0 bridgehead atoms. The number of nitrogens with one attached hydrogen (secondary N) is 1. The number of aliphatic hydroxyl groups excluding tert-OH is 1. The molecule has 1 fully saturated rings. The third-order valence-electron chi connectivity index (χ3n) is 4.90. The molecule has 0 saturated carbocycles. The average molecular weight is 347 g/mol. The fourth-order valence-electron chi connectivity index (χ4n) is 3.93. The Bertz CT molecular complexity index is 663. The van der Waals surface area contributed by atoms with Gasteiger partial charge in [0.15, 0.2) is 0 Å². The predicted octanol–water partition coefficient (Wildman–Crippen LogP) is 0.926. The lowest BCUT2D eigenvalue weighted by Gasteiger charge is -2.58. The normalized spacial score (nSPS) is 24.4. The van der Waals surface area contributed by atoms with Gasteiger partial charge in [0, 0.05) is 31.3 Å². The first kappa shape index (κ1) is 17.7. The number of benzene rings is 1. The highest BCUT2D eigenvalue weighted by Gasteiger charge is 2.55. The number of rotatable bonds is 4. The van der Waals surface area contributed by atoms with Crippen molar-refractivity contribution >= 4 is 17.6 Å². The molecule has 2 N–H and O–H groups in total. The Morgan fingerprint density at radius 3 is 2.72 bits per heavy atom. The van der Waals surface area contributed by atoms with Crippen LogP contribution >= 0.6 is 0 Å². The second kappa shape index (κ2) is 7.01. The van der Waals surface area contributed by atoms with Crippen molar-refractivity contribution in [1.29, 1.82) is 0 Å². The zero-order valence-electron chi connectivity index (χ0n) is 14.8. The second-order valence-corrected chi connectivity index (χ2v) is 6.85. The van der Waals surface area contributed by atoms with E-state index in [2.05, 4.69) is 5.32 Å². The molecule has 2 aliphatic rings. The van der Waals surface area contributed by atoms with E-state index in [9.17, 15) is 14.7 Å². The molecule has 2 aliphatic heterocycles. The average Bonchev–Trinajstić information content (AvgIpc) is 2.54. The summed E-state index contributed by atoms with van der Waals surface area (Å²) in [6.07, 6.45) is 0. The Labute approximate surface area is 147 Å². The zero-order chi connectivity index (χ0) is 18.1. The van der Waals surface area contributed by atoms with E-state index in [0.717, 1.165) is 11.3 Å². The molecule has 0 spiro atoms. The lowest BCUT2D eigenvalue weighted by Crippen LogP contribution is -2.72. The van der Waals surface area contributed by atoms with Gasteiger partial charge in [0.2, 0.25) is 0 Å².